The van der Waals surface area contributed by atoms with Gasteiger partial charge in [0.15, 0.2) is 5.82 Å². The number of phenolic OH excluding ortho intramolecular Hbond substituents is 1. The van der Waals surface area contributed by atoms with Gasteiger partial charge in [0.25, 0.3) is 0 Å². The highest BCUT2D eigenvalue weighted by Gasteiger charge is 2.36. The van der Waals surface area contributed by atoms with Crippen molar-refractivity contribution in [2.45, 2.75) is 39.4 Å². The van der Waals surface area contributed by atoms with E-state index in [1.807, 2.05) is 30.7 Å². The zero-order valence-corrected chi connectivity index (χ0v) is 23.9. The van der Waals surface area contributed by atoms with Crippen LogP contribution in [-0.2, 0) is 4.79 Å². The molecule has 0 bridgehead atoms. The summed E-state index contributed by atoms with van der Waals surface area (Å²) in [5.74, 6) is 1.13. The number of rotatable bonds is 6. The summed E-state index contributed by atoms with van der Waals surface area (Å²) in [7, 11) is 1.94. The van der Waals surface area contributed by atoms with Gasteiger partial charge in [0.2, 0.25) is 11.9 Å². The molecular weight excluding hydrogens is 562 g/mol. The van der Waals surface area contributed by atoms with Gasteiger partial charge >= 0.3 is 0 Å². The Hall–Kier alpha value is -3.94. The maximum atomic E-state index is 16.4. The third-order valence-corrected chi connectivity index (χ3v) is 8.22. The van der Waals surface area contributed by atoms with Crippen LogP contribution in [0.5, 0.6) is 5.75 Å². The lowest BCUT2D eigenvalue weighted by atomic mass is 10.00. The molecule has 2 fully saturated rings. The number of terminal acetylenes is 1. The number of hydrogen-bond acceptors (Lipinski definition) is 7. The van der Waals surface area contributed by atoms with Crippen LogP contribution in [0.4, 0.5) is 20.5 Å². The number of aromatic hydroxyl groups is 1. The molecule has 0 unspecified atom stereocenters. The zero-order chi connectivity index (χ0) is 29.6. The Labute approximate surface area is 250 Å². The fourth-order valence-corrected chi connectivity index (χ4v) is 5.82. The van der Waals surface area contributed by atoms with E-state index in [1.165, 1.54) is 24.3 Å². The van der Waals surface area contributed by atoms with Crippen LogP contribution in [0.1, 0.15) is 21.3 Å². The van der Waals surface area contributed by atoms with Gasteiger partial charge in [-0.3, -0.25) is 9.69 Å². The smallest absolute Gasteiger partial charge is 0.246 e. The van der Waals surface area contributed by atoms with Gasteiger partial charge in [0.1, 0.15) is 22.9 Å². The summed E-state index contributed by atoms with van der Waals surface area (Å²) < 4.78 is 31.2. The summed E-state index contributed by atoms with van der Waals surface area (Å²) in [4.78, 5) is 29.7. The summed E-state index contributed by atoms with van der Waals surface area (Å²) in [5.41, 5.74) is -0.655. The molecule has 0 spiro atoms. The minimum absolute atomic E-state index is 0. The van der Waals surface area contributed by atoms with Crippen molar-refractivity contribution in [3.05, 3.63) is 53.6 Å². The van der Waals surface area contributed by atoms with Crippen LogP contribution in [0.15, 0.2) is 36.9 Å². The first kappa shape index (κ1) is 31.0. The molecule has 2 aromatic carbocycles. The predicted octanol–water partition coefficient (Wildman–Crippen LogP) is 4.94. The third-order valence-electron chi connectivity index (χ3n) is 7.92. The highest BCUT2D eigenvalue weighted by Crippen LogP contribution is 2.43. The molecule has 2 saturated heterocycles. The second-order valence-corrected chi connectivity index (χ2v) is 11.1. The van der Waals surface area contributed by atoms with E-state index in [4.69, 9.17) is 23.0 Å². The molecule has 1 amide bonds. The monoisotopic (exact) mass is 596 g/mol. The van der Waals surface area contributed by atoms with Crippen LogP contribution in [0.25, 0.3) is 22.0 Å². The van der Waals surface area contributed by atoms with Crippen LogP contribution in [0.2, 0.25) is 5.02 Å². The Morgan fingerprint density at radius 2 is 1.93 bits per heavy atom. The van der Waals surface area contributed by atoms with Crippen LogP contribution < -0.4 is 9.80 Å². The molecule has 8 nitrogen and oxygen atoms in total. The molecule has 0 aliphatic carbocycles. The Morgan fingerprint density at radius 1 is 1.21 bits per heavy atom. The van der Waals surface area contributed by atoms with Crippen molar-refractivity contribution in [2.75, 3.05) is 49.6 Å². The van der Waals surface area contributed by atoms with Crippen molar-refractivity contribution in [1.82, 2.24) is 19.8 Å². The molecule has 5 rings (SSSR count). The number of anilines is 2. The molecule has 2 atom stereocenters. The molecule has 3 aromatic rings. The second-order valence-electron chi connectivity index (χ2n) is 10.6. The first-order chi connectivity index (χ1) is 19.5. The summed E-state index contributed by atoms with van der Waals surface area (Å²) >= 11 is 6.58. The Morgan fingerprint density at radius 3 is 2.57 bits per heavy atom. The van der Waals surface area contributed by atoms with Gasteiger partial charge in [-0.15, -0.1) is 6.42 Å². The van der Waals surface area contributed by atoms with Gasteiger partial charge in [-0.1, -0.05) is 37.6 Å². The van der Waals surface area contributed by atoms with Crippen molar-refractivity contribution in [3.63, 3.8) is 0 Å². The largest absolute Gasteiger partial charge is 0.507 e. The summed E-state index contributed by atoms with van der Waals surface area (Å²) in [6.45, 7) is 10.0. The van der Waals surface area contributed by atoms with E-state index in [0.717, 1.165) is 6.07 Å². The van der Waals surface area contributed by atoms with Crippen LogP contribution in [-0.4, -0.2) is 88.7 Å². The lowest BCUT2D eigenvalue weighted by Crippen LogP contribution is -2.59. The number of aromatic nitrogens is 2. The van der Waals surface area contributed by atoms with Crippen molar-refractivity contribution in [2.24, 2.45) is 0 Å². The molecule has 1 aromatic heterocycles. The Kier molecular flexibility index (Phi) is 8.95. The van der Waals surface area contributed by atoms with Crippen LogP contribution in [0.3, 0.4) is 0 Å². The molecule has 0 radical (unpaired) electrons. The number of hydrogen-bond donors (Lipinski definition) is 1. The number of carbonyl (C=O) groups excluding carboxylic acids is 1. The van der Waals surface area contributed by atoms with Gasteiger partial charge in [-0.25, -0.2) is 13.8 Å². The summed E-state index contributed by atoms with van der Waals surface area (Å²) in [5, 5.41) is 10.7. The molecule has 11 heteroatoms. The van der Waals surface area contributed by atoms with Gasteiger partial charge in [-0.2, -0.15) is 4.98 Å². The highest BCUT2D eigenvalue weighted by molar-refractivity contribution is 6.34. The van der Waals surface area contributed by atoms with E-state index in [0.29, 0.717) is 49.9 Å². The van der Waals surface area contributed by atoms with E-state index in [9.17, 15) is 14.3 Å². The molecule has 2 aliphatic rings. The topological polar surface area (TPSA) is 76.0 Å². The standard InChI is InChI=1S/C30H31ClF2N6O2.CH4/c1-6-11-36(5)19-15-37(16-19)30-34-28-20(12-21(31)25(27(28)33)26-22(32)9-8-10-23(26)40)29(35-30)39-14-17(3)38(13-18(39)4)24(41)7-2;/h1,7-10,12,17-19,40H,2,11,13-16H2,3-5H3;1H4/t17-,18+;/m1./s1. The maximum absolute atomic E-state index is 16.4. The molecule has 1 N–H and O–H groups in total. The first-order valence-electron chi connectivity index (χ1n) is 13.3. The van der Waals surface area contributed by atoms with E-state index in [2.05, 4.69) is 22.4 Å². The van der Waals surface area contributed by atoms with E-state index < -0.39 is 17.4 Å². The van der Waals surface area contributed by atoms with Crippen molar-refractivity contribution in [1.29, 1.82) is 0 Å². The highest BCUT2D eigenvalue weighted by atomic mass is 35.5. The lowest BCUT2D eigenvalue weighted by molar-refractivity contribution is -0.128. The van der Waals surface area contributed by atoms with Crippen molar-refractivity contribution >= 4 is 40.2 Å². The summed E-state index contributed by atoms with van der Waals surface area (Å²) in [6, 6.07) is 5.08. The molecule has 2 aliphatic heterocycles. The fraction of sp³-hybridized carbons (Fsp3) is 0.387. The first-order valence-corrected chi connectivity index (χ1v) is 13.7. The van der Waals surface area contributed by atoms with E-state index in [1.54, 1.807) is 4.90 Å². The molecule has 222 valence electrons. The SMILES string of the molecule is C.C#CCN(C)C1CN(c2nc(N3C[C@@H](C)N(C(=O)C=C)C[C@@H]3C)c3cc(Cl)c(-c4c(O)cccc4F)c(F)c3n2)C1. The molecule has 42 heavy (non-hydrogen) atoms. The molecular formula is C31H35ClF2N6O2. The number of fused-ring (bicyclic) bond motifs is 1. The quantitative estimate of drug-likeness (QED) is 0.319. The fourth-order valence-electron chi connectivity index (χ4n) is 5.53. The number of benzene rings is 2. The van der Waals surface area contributed by atoms with Gasteiger partial charge in [0.05, 0.1) is 17.1 Å². The molecule has 0 saturated carbocycles. The average Bonchev–Trinajstić information content (AvgIpc) is 2.90. The van der Waals surface area contributed by atoms with Gasteiger partial charge in [0, 0.05) is 55.3 Å². The number of amides is 1. The number of carbonyl (C=O) groups is 1. The maximum Gasteiger partial charge on any atom is 0.246 e. The Bertz CT molecular complexity index is 1550. The van der Waals surface area contributed by atoms with Gasteiger partial charge < -0.3 is 19.8 Å². The minimum Gasteiger partial charge on any atom is -0.507 e. The lowest BCUT2D eigenvalue weighted by Gasteiger charge is -2.46. The van der Waals surface area contributed by atoms with Crippen LogP contribution >= 0.6 is 11.6 Å². The number of likely N-dealkylation sites (N-methyl/N-ethyl adjacent to an activating group) is 1. The summed E-state index contributed by atoms with van der Waals surface area (Å²) in [6.07, 6.45) is 6.76. The number of halogens is 3. The van der Waals surface area contributed by atoms with Crippen LogP contribution in [0, 0.1) is 24.0 Å². The van der Waals surface area contributed by atoms with E-state index >= 15 is 4.39 Å². The van der Waals surface area contributed by atoms with Gasteiger partial charge in [-0.05, 0) is 45.2 Å². The number of nitrogens with zero attached hydrogens (tertiary/aromatic N) is 6. The van der Waals surface area contributed by atoms with Crippen molar-refractivity contribution in [3.8, 4) is 29.2 Å². The van der Waals surface area contributed by atoms with Crippen molar-refractivity contribution < 1.29 is 18.7 Å². The predicted molar refractivity (Wildman–Crippen MR) is 164 cm³/mol. The molecule has 3 heterocycles. The minimum atomic E-state index is -0.861. The zero-order valence-electron chi connectivity index (χ0n) is 23.1. The Balaban J connectivity index is 0.00000405. The number of phenols is 1. The normalized spacial score (nSPS) is 19.0. The average molecular weight is 597 g/mol. The second kappa shape index (κ2) is 12.1. The van der Waals surface area contributed by atoms with E-state index in [-0.39, 0.29) is 53.1 Å². The number of piperazine rings is 1. The third kappa shape index (κ3) is 5.35.